The molecule has 2 aliphatic rings. The Morgan fingerprint density at radius 1 is 1.34 bits per heavy atom. The highest BCUT2D eigenvalue weighted by Crippen LogP contribution is 2.38. The predicted octanol–water partition coefficient (Wildman–Crippen LogP) is 3.54. The van der Waals surface area contributed by atoms with E-state index < -0.39 is 5.66 Å². The molecule has 1 aromatic heterocycles. The SMILES string of the molecule is C#CCCC1(CCC(=O)N2CCCC2COc2nc3ccccc3cc2N)N=N1. The van der Waals surface area contributed by atoms with E-state index in [1.54, 1.807) is 0 Å². The number of carbonyl (C=O) groups excluding carboxylic acids is 1. The van der Waals surface area contributed by atoms with Crippen LogP contribution >= 0.6 is 0 Å². The fourth-order valence-corrected chi connectivity index (χ4v) is 3.86. The van der Waals surface area contributed by atoms with Crippen LogP contribution in [-0.4, -0.2) is 40.6 Å². The number of ether oxygens (including phenoxy) is 1. The molecule has 4 rings (SSSR count). The van der Waals surface area contributed by atoms with Gasteiger partial charge in [-0.1, -0.05) is 18.2 Å². The van der Waals surface area contributed by atoms with Crippen molar-refractivity contribution < 1.29 is 9.53 Å². The van der Waals surface area contributed by atoms with Crippen molar-refractivity contribution >= 4 is 22.5 Å². The van der Waals surface area contributed by atoms with Gasteiger partial charge in [0.25, 0.3) is 0 Å². The molecule has 0 bridgehead atoms. The Bertz CT molecular complexity index is 975. The van der Waals surface area contributed by atoms with Crippen molar-refractivity contribution in [1.82, 2.24) is 9.88 Å². The van der Waals surface area contributed by atoms with Crippen molar-refractivity contribution in [3.8, 4) is 18.2 Å². The van der Waals surface area contributed by atoms with E-state index in [0.717, 1.165) is 36.7 Å². The molecular weight excluding hydrogens is 366 g/mol. The fraction of sp³-hybridized carbons (Fsp3) is 0.455. The highest BCUT2D eigenvalue weighted by atomic mass is 16.5. The van der Waals surface area contributed by atoms with Gasteiger partial charge in [-0.05, 0) is 25.0 Å². The van der Waals surface area contributed by atoms with E-state index in [4.69, 9.17) is 16.9 Å². The fourth-order valence-electron chi connectivity index (χ4n) is 3.86. The summed E-state index contributed by atoms with van der Waals surface area (Å²) in [6.45, 7) is 1.14. The van der Waals surface area contributed by atoms with Crippen LogP contribution in [0.5, 0.6) is 5.88 Å². The lowest BCUT2D eigenvalue weighted by atomic mass is 10.0. The molecule has 0 spiro atoms. The molecule has 29 heavy (non-hydrogen) atoms. The van der Waals surface area contributed by atoms with Crippen molar-refractivity contribution in [1.29, 1.82) is 0 Å². The van der Waals surface area contributed by atoms with Gasteiger partial charge < -0.3 is 15.4 Å². The standard InChI is InChI=1S/C22H25N5O2/c1-2-3-11-22(25-26-22)12-10-20(28)27-13-6-8-17(27)15-29-21-18(23)14-16-7-4-5-9-19(16)24-21/h1,4-5,7,9,14,17H,3,6,8,10-13,15,23H2. The molecule has 2 aromatic rings. The van der Waals surface area contributed by atoms with E-state index in [0.29, 0.717) is 37.4 Å². The molecule has 3 heterocycles. The van der Waals surface area contributed by atoms with Crippen molar-refractivity contribution in [3.05, 3.63) is 30.3 Å². The molecule has 2 aliphatic heterocycles. The average Bonchev–Trinajstić information content (AvgIpc) is 3.35. The topological polar surface area (TPSA) is 93.2 Å². The number of amides is 1. The first-order chi connectivity index (χ1) is 14.1. The third-order valence-corrected chi connectivity index (χ3v) is 5.62. The Labute approximate surface area is 170 Å². The number of para-hydroxylation sites is 1. The van der Waals surface area contributed by atoms with Gasteiger partial charge in [0.05, 0.1) is 17.2 Å². The van der Waals surface area contributed by atoms with Crippen LogP contribution in [0.15, 0.2) is 40.6 Å². The van der Waals surface area contributed by atoms with Gasteiger partial charge >= 0.3 is 0 Å². The molecular formula is C22H25N5O2. The summed E-state index contributed by atoms with van der Waals surface area (Å²) in [5.41, 5.74) is 7.03. The second-order valence-electron chi connectivity index (χ2n) is 7.66. The number of aromatic nitrogens is 1. The van der Waals surface area contributed by atoms with E-state index >= 15 is 0 Å². The molecule has 0 aliphatic carbocycles. The molecule has 1 atom stereocenters. The molecule has 1 aromatic carbocycles. The number of likely N-dealkylation sites (tertiary alicyclic amines) is 1. The maximum Gasteiger partial charge on any atom is 0.237 e. The zero-order valence-corrected chi connectivity index (χ0v) is 16.4. The molecule has 1 unspecified atom stereocenters. The quantitative estimate of drug-likeness (QED) is 0.697. The van der Waals surface area contributed by atoms with Crippen LogP contribution in [0.1, 0.15) is 38.5 Å². The van der Waals surface area contributed by atoms with Gasteiger partial charge in [0.2, 0.25) is 11.8 Å². The summed E-state index contributed by atoms with van der Waals surface area (Å²) in [4.78, 5) is 19.2. The Morgan fingerprint density at radius 2 is 2.17 bits per heavy atom. The molecule has 0 radical (unpaired) electrons. The van der Waals surface area contributed by atoms with Gasteiger partial charge in [0, 0.05) is 37.6 Å². The summed E-state index contributed by atoms with van der Waals surface area (Å²) in [6, 6.07) is 9.68. The van der Waals surface area contributed by atoms with Crippen LogP contribution < -0.4 is 10.5 Å². The van der Waals surface area contributed by atoms with Crippen LogP contribution in [0.3, 0.4) is 0 Å². The van der Waals surface area contributed by atoms with Gasteiger partial charge in [-0.25, -0.2) is 4.98 Å². The smallest absolute Gasteiger partial charge is 0.237 e. The summed E-state index contributed by atoms with van der Waals surface area (Å²) in [5, 5.41) is 9.20. The normalized spacial score (nSPS) is 19.3. The third kappa shape index (κ3) is 4.32. The van der Waals surface area contributed by atoms with Gasteiger partial charge in [-0.3, -0.25) is 4.79 Å². The molecule has 2 N–H and O–H groups in total. The maximum atomic E-state index is 12.8. The van der Waals surface area contributed by atoms with E-state index in [1.165, 1.54) is 0 Å². The number of hydrogen-bond donors (Lipinski definition) is 1. The number of anilines is 1. The predicted molar refractivity (Wildman–Crippen MR) is 111 cm³/mol. The van der Waals surface area contributed by atoms with Gasteiger partial charge in [-0.15, -0.1) is 12.3 Å². The molecule has 7 nitrogen and oxygen atoms in total. The average molecular weight is 391 g/mol. The number of carbonyl (C=O) groups is 1. The van der Waals surface area contributed by atoms with Crippen molar-refractivity contribution in [2.75, 3.05) is 18.9 Å². The number of pyridine rings is 1. The van der Waals surface area contributed by atoms with Crippen LogP contribution in [-0.2, 0) is 4.79 Å². The van der Waals surface area contributed by atoms with Crippen molar-refractivity contribution in [2.24, 2.45) is 10.2 Å². The molecule has 7 heteroatoms. The minimum atomic E-state index is -0.419. The maximum absolute atomic E-state index is 12.8. The van der Waals surface area contributed by atoms with Crippen molar-refractivity contribution in [3.63, 3.8) is 0 Å². The number of nitrogens with zero attached hydrogens (tertiary/aromatic N) is 4. The van der Waals surface area contributed by atoms with Crippen LogP contribution in [0.25, 0.3) is 10.9 Å². The zero-order chi connectivity index (χ0) is 20.3. The summed E-state index contributed by atoms with van der Waals surface area (Å²) >= 11 is 0. The lowest BCUT2D eigenvalue weighted by Gasteiger charge is -2.25. The van der Waals surface area contributed by atoms with Crippen molar-refractivity contribution in [2.45, 2.75) is 50.2 Å². The van der Waals surface area contributed by atoms with Gasteiger partial charge in [-0.2, -0.15) is 10.2 Å². The van der Waals surface area contributed by atoms with E-state index in [2.05, 4.69) is 21.1 Å². The lowest BCUT2D eigenvalue weighted by Crippen LogP contribution is -2.39. The summed E-state index contributed by atoms with van der Waals surface area (Å²) in [6.07, 6.45) is 9.59. The number of terminal acetylenes is 1. The Kier molecular flexibility index (Phi) is 5.34. The second-order valence-corrected chi connectivity index (χ2v) is 7.66. The summed E-state index contributed by atoms with van der Waals surface area (Å²) < 4.78 is 5.93. The van der Waals surface area contributed by atoms with Crippen LogP contribution in [0.4, 0.5) is 5.69 Å². The van der Waals surface area contributed by atoms with Crippen LogP contribution in [0, 0.1) is 12.3 Å². The molecule has 1 fully saturated rings. The summed E-state index contributed by atoms with van der Waals surface area (Å²) in [7, 11) is 0. The number of fused-ring (bicyclic) bond motifs is 1. The van der Waals surface area contributed by atoms with Crippen LogP contribution in [0.2, 0.25) is 0 Å². The Hall–Kier alpha value is -3.14. The van der Waals surface area contributed by atoms with E-state index in [9.17, 15) is 4.79 Å². The number of benzene rings is 1. The molecule has 150 valence electrons. The number of rotatable bonds is 8. The number of nitrogen functional groups attached to an aromatic ring is 1. The zero-order valence-electron chi connectivity index (χ0n) is 16.4. The first-order valence-corrected chi connectivity index (χ1v) is 10.1. The van der Waals surface area contributed by atoms with E-state index in [1.807, 2.05) is 35.2 Å². The van der Waals surface area contributed by atoms with Gasteiger partial charge in [0.1, 0.15) is 6.61 Å². The monoisotopic (exact) mass is 391 g/mol. The lowest BCUT2D eigenvalue weighted by molar-refractivity contribution is -0.132. The molecule has 0 saturated carbocycles. The van der Waals surface area contributed by atoms with Gasteiger partial charge in [0.15, 0.2) is 5.66 Å². The highest BCUT2D eigenvalue weighted by molar-refractivity contribution is 5.83. The minimum absolute atomic E-state index is 0.0323. The summed E-state index contributed by atoms with van der Waals surface area (Å²) in [5.74, 6) is 3.15. The largest absolute Gasteiger partial charge is 0.474 e. The second kappa shape index (κ2) is 8.08. The highest BCUT2D eigenvalue weighted by Gasteiger charge is 2.40. The van der Waals surface area contributed by atoms with E-state index in [-0.39, 0.29) is 11.9 Å². The Morgan fingerprint density at radius 3 is 2.97 bits per heavy atom. The Balaban J connectivity index is 1.33. The molecule has 1 amide bonds. The number of hydrogen-bond acceptors (Lipinski definition) is 6. The number of nitrogens with two attached hydrogens (primary N) is 1. The first-order valence-electron chi connectivity index (χ1n) is 10.1. The first kappa shape index (κ1) is 19.2. The third-order valence-electron chi connectivity index (χ3n) is 5.62. The minimum Gasteiger partial charge on any atom is -0.474 e. The molecule has 1 saturated heterocycles.